The van der Waals surface area contributed by atoms with E-state index >= 15 is 0 Å². The van der Waals surface area contributed by atoms with Gasteiger partial charge in [0.25, 0.3) is 0 Å². The van der Waals surface area contributed by atoms with Gasteiger partial charge in [-0.15, -0.1) is 11.8 Å². The SMILES string of the molecule is ClC1=NC=C[C](SCc2ccccc2)N1. The Morgan fingerprint density at radius 1 is 1.27 bits per heavy atom. The molecule has 77 valence electrons. The number of amidine groups is 1. The van der Waals surface area contributed by atoms with Crippen LogP contribution in [0.2, 0.25) is 0 Å². The van der Waals surface area contributed by atoms with Crippen molar-refractivity contribution in [2.75, 3.05) is 0 Å². The molecule has 4 heteroatoms. The molecule has 1 heterocycles. The summed E-state index contributed by atoms with van der Waals surface area (Å²) in [6.45, 7) is 0. The molecule has 15 heavy (non-hydrogen) atoms. The van der Waals surface area contributed by atoms with Gasteiger partial charge in [0.1, 0.15) is 5.37 Å². The van der Waals surface area contributed by atoms with Gasteiger partial charge in [-0.3, -0.25) is 0 Å². The Bertz CT molecular complexity index is 375. The molecule has 2 rings (SSSR count). The van der Waals surface area contributed by atoms with E-state index in [1.807, 2.05) is 24.3 Å². The zero-order chi connectivity index (χ0) is 10.5. The maximum absolute atomic E-state index is 5.75. The average molecular weight is 238 g/mol. The van der Waals surface area contributed by atoms with Gasteiger partial charge in [-0.25, -0.2) is 4.99 Å². The molecule has 1 aliphatic heterocycles. The standard InChI is InChI=1S/C11H10ClN2S/c12-11-13-7-6-10(14-11)15-8-9-4-2-1-3-5-9/h1-7H,8H2,(H,13,14). The number of hydrogen-bond acceptors (Lipinski definition) is 3. The lowest BCUT2D eigenvalue weighted by molar-refractivity contribution is 1.11. The molecule has 0 spiro atoms. The molecule has 1 aromatic carbocycles. The average Bonchev–Trinajstić information content (AvgIpc) is 2.28. The fourth-order valence-corrected chi connectivity index (χ4v) is 2.22. The van der Waals surface area contributed by atoms with E-state index in [-0.39, 0.29) is 0 Å². The molecule has 2 nitrogen and oxygen atoms in total. The lowest BCUT2D eigenvalue weighted by Crippen LogP contribution is -2.22. The molecule has 0 bridgehead atoms. The van der Waals surface area contributed by atoms with E-state index < -0.39 is 0 Å². The first-order valence-corrected chi connectivity index (χ1v) is 5.91. The molecular weight excluding hydrogens is 228 g/mol. The van der Waals surface area contributed by atoms with Gasteiger partial charge in [0, 0.05) is 12.0 Å². The van der Waals surface area contributed by atoms with Crippen LogP contribution >= 0.6 is 23.4 Å². The molecule has 0 saturated carbocycles. The quantitative estimate of drug-likeness (QED) is 0.817. The molecule has 1 aromatic rings. The van der Waals surface area contributed by atoms with Crippen molar-refractivity contribution in [1.82, 2.24) is 5.32 Å². The predicted molar refractivity (Wildman–Crippen MR) is 66.5 cm³/mol. The Hall–Kier alpha value is -0.930. The summed E-state index contributed by atoms with van der Waals surface area (Å²) in [4.78, 5) is 3.89. The van der Waals surface area contributed by atoms with Gasteiger partial charge in [0.15, 0.2) is 5.29 Å². The first-order chi connectivity index (χ1) is 7.34. The smallest absolute Gasteiger partial charge is 0.197 e. The van der Waals surface area contributed by atoms with Crippen molar-refractivity contribution >= 4 is 28.7 Å². The summed E-state index contributed by atoms with van der Waals surface area (Å²) in [5.41, 5.74) is 1.30. The highest BCUT2D eigenvalue weighted by Gasteiger charge is 2.10. The van der Waals surface area contributed by atoms with Crippen molar-refractivity contribution in [3.63, 3.8) is 0 Å². The van der Waals surface area contributed by atoms with Gasteiger partial charge >= 0.3 is 0 Å². The van der Waals surface area contributed by atoms with Crippen LogP contribution in [0.1, 0.15) is 5.56 Å². The van der Waals surface area contributed by atoms with Crippen LogP contribution in [0.15, 0.2) is 47.6 Å². The third-order valence-electron chi connectivity index (χ3n) is 1.88. The summed E-state index contributed by atoms with van der Waals surface area (Å²) in [6.07, 6.45) is 3.62. The number of thioether (sulfide) groups is 1. The number of nitrogens with zero attached hydrogens (tertiary/aromatic N) is 1. The third-order valence-corrected chi connectivity index (χ3v) is 3.10. The normalized spacial score (nSPS) is 15.9. The number of halogens is 1. The summed E-state index contributed by atoms with van der Waals surface area (Å²) in [6, 6.07) is 10.3. The van der Waals surface area contributed by atoms with Crippen molar-refractivity contribution in [2.24, 2.45) is 4.99 Å². The molecule has 0 amide bonds. The van der Waals surface area contributed by atoms with Crippen molar-refractivity contribution in [2.45, 2.75) is 5.75 Å². The first-order valence-electron chi connectivity index (χ1n) is 4.55. The second kappa shape index (κ2) is 5.24. The second-order valence-corrected chi connectivity index (χ2v) is 4.37. The van der Waals surface area contributed by atoms with E-state index in [1.165, 1.54) is 5.56 Å². The molecule has 0 aromatic heterocycles. The van der Waals surface area contributed by atoms with E-state index in [4.69, 9.17) is 11.6 Å². The van der Waals surface area contributed by atoms with E-state index in [9.17, 15) is 0 Å². The summed E-state index contributed by atoms with van der Waals surface area (Å²) < 4.78 is 0. The predicted octanol–water partition coefficient (Wildman–Crippen LogP) is 3.12. The first kappa shape index (κ1) is 10.6. The summed E-state index contributed by atoms with van der Waals surface area (Å²) in [5, 5.41) is 4.45. The van der Waals surface area contributed by atoms with Crippen LogP contribution in [0.3, 0.4) is 0 Å². The molecule has 0 aliphatic carbocycles. The summed E-state index contributed by atoms with van der Waals surface area (Å²) >= 11 is 7.45. The van der Waals surface area contributed by atoms with E-state index in [1.54, 1.807) is 18.0 Å². The van der Waals surface area contributed by atoms with Crippen molar-refractivity contribution < 1.29 is 0 Å². The van der Waals surface area contributed by atoms with Crippen LogP contribution in [0.25, 0.3) is 0 Å². The van der Waals surface area contributed by atoms with Crippen molar-refractivity contribution in [1.29, 1.82) is 0 Å². The second-order valence-electron chi connectivity index (χ2n) is 3.00. The summed E-state index contributed by atoms with van der Waals surface area (Å²) in [5.74, 6) is 0.928. The minimum Gasteiger partial charge on any atom is -0.339 e. The van der Waals surface area contributed by atoms with Crippen LogP contribution in [0.5, 0.6) is 0 Å². The third kappa shape index (κ3) is 3.29. The van der Waals surface area contributed by atoms with E-state index in [2.05, 4.69) is 22.4 Å². The van der Waals surface area contributed by atoms with Gasteiger partial charge in [-0.2, -0.15) is 0 Å². The molecule has 0 unspecified atom stereocenters. The minimum absolute atomic E-state index is 0.424. The lowest BCUT2D eigenvalue weighted by Gasteiger charge is -2.15. The Labute approximate surface area is 98.4 Å². The molecule has 0 atom stereocenters. The van der Waals surface area contributed by atoms with E-state index in [0.29, 0.717) is 5.29 Å². The molecule has 1 N–H and O–H groups in total. The maximum Gasteiger partial charge on any atom is 0.197 e. The van der Waals surface area contributed by atoms with Crippen LogP contribution in [0.4, 0.5) is 0 Å². The number of benzene rings is 1. The van der Waals surface area contributed by atoms with E-state index in [0.717, 1.165) is 11.1 Å². The van der Waals surface area contributed by atoms with Gasteiger partial charge in [0.2, 0.25) is 0 Å². The Balaban J connectivity index is 1.85. The largest absolute Gasteiger partial charge is 0.339 e. The minimum atomic E-state index is 0.424. The summed E-state index contributed by atoms with van der Waals surface area (Å²) in [7, 11) is 0. The monoisotopic (exact) mass is 237 g/mol. The highest BCUT2D eigenvalue weighted by atomic mass is 35.5. The van der Waals surface area contributed by atoms with Gasteiger partial charge < -0.3 is 5.32 Å². The van der Waals surface area contributed by atoms with Crippen LogP contribution in [-0.4, -0.2) is 5.29 Å². The van der Waals surface area contributed by atoms with Crippen LogP contribution in [-0.2, 0) is 5.75 Å². The molecule has 1 radical (unpaired) electrons. The van der Waals surface area contributed by atoms with Crippen LogP contribution in [0, 0.1) is 5.37 Å². The van der Waals surface area contributed by atoms with Crippen LogP contribution < -0.4 is 5.32 Å². The number of aliphatic imine (C=N–C) groups is 1. The number of nitrogens with one attached hydrogen (secondary N) is 1. The fraction of sp³-hybridized carbons (Fsp3) is 0.0909. The lowest BCUT2D eigenvalue weighted by atomic mass is 10.2. The molecule has 0 saturated heterocycles. The molecular formula is C11H10ClN2S. The van der Waals surface area contributed by atoms with Crippen molar-refractivity contribution in [3.8, 4) is 0 Å². The highest BCUT2D eigenvalue weighted by molar-refractivity contribution is 8.01. The Morgan fingerprint density at radius 2 is 2.07 bits per heavy atom. The van der Waals surface area contributed by atoms with Crippen molar-refractivity contribution in [3.05, 3.63) is 53.5 Å². The molecule has 1 aliphatic rings. The van der Waals surface area contributed by atoms with Gasteiger partial charge in [0.05, 0.1) is 0 Å². The topological polar surface area (TPSA) is 24.4 Å². The highest BCUT2D eigenvalue weighted by Crippen LogP contribution is 2.24. The maximum atomic E-state index is 5.75. The molecule has 0 fully saturated rings. The fourth-order valence-electron chi connectivity index (χ4n) is 1.17. The zero-order valence-electron chi connectivity index (χ0n) is 7.98. The van der Waals surface area contributed by atoms with Gasteiger partial charge in [-0.05, 0) is 23.2 Å². The Morgan fingerprint density at radius 3 is 2.80 bits per heavy atom. The number of rotatable bonds is 3. The number of hydrogen-bond donors (Lipinski definition) is 1. The van der Waals surface area contributed by atoms with Gasteiger partial charge in [-0.1, -0.05) is 30.3 Å². The Kier molecular flexibility index (Phi) is 3.69. The zero-order valence-corrected chi connectivity index (χ0v) is 9.55.